The van der Waals surface area contributed by atoms with Gasteiger partial charge in [-0.25, -0.2) is 9.18 Å². The average Bonchev–Trinajstić information content (AvgIpc) is 3.11. The van der Waals surface area contributed by atoms with Gasteiger partial charge in [-0.2, -0.15) is 0 Å². The van der Waals surface area contributed by atoms with E-state index in [4.69, 9.17) is 18.9 Å². The van der Waals surface area contributed by atoms with E-state index in [1.54, 1.807) is 39.0 Å². The predicted molar refractivity (Wildman–Crippen MR) is 140 cm³/mol. The number of benzene rings is 3. The first kappa shape index (κ1) is 26.8. The summed E-state index contributed by atoms with van der Waals surface area (Å²) in [5.74, 6) is -0.425. The van der Waals surface area contributed by atoms with Crippen LogP contribution in [0, 0.1) is 5.82 Å². The number of alkyl carbamates (subject to hydrolysis) is 1. The molecule has 2 amide bonds. The smallest absolute Gasteiger partial charge is 0.409 e. The van der Waals surface area contributed by atoms with Gasteiger partial charge in [-0.1, -0.05) is 42.5 Å². The van der Waals surface area contributed by atoms with Gasteiger partial charge in [0.25, 0.3) is 5.91 Å². The molecule has 3 aromatic rings. The van der Waals surface area contributed by atoms with Gasteiger partial charge in [-0.15, -0.1) is 0 Å². The van der Waals surface area contributed by atoms with Crippen molar-refractivity contribution in [1.29, 1.82) is 0 Å². The third-order valence-corrected chi connectivity index (χ3v) is 6.19. The van der Waals surface area contributed by atoms with Crippen molar-refractivity contribution in [2.75, 3.05) is 26.2 Å². The summed E-state index contributed by atoms with van der Waals surface area (Å²) in [5.41, 5.74) is -1.60. The second kappa shape index (κ2) is 10.2. The fourth-order valence-electron chi connectivity index (χ4n) is 4.69. The molecule has 0 aliphatic carbocycles. The van der Waals surface area contributed by atoms with Gasteiger partial charge >= 0.3 is 6.09 Å². The van der Waals surface area contributed by atoms with Gasteiger partial charge in [0.1, 0.15) is 28.7 Å². The van der Waals surface area contributed by atoms with Gasteiger partial charge in [-0.05, 0) is 32.4 Å². The summed E-state index contributed by atoms with van der Waals surface area (Å²) in [6.07, 6.45) is -0.873. The average molecular weight is 523 g/mol. The summed E-state index contributed by atoms with van der Waals surface area (Å²) >= 11 is 0. The van der Waals surface area contributed by atoms with Crippen molar-refractivity contribution < 1.29 is 32.9 Å². The highest BCUT2D eigenvalue weighted by Gasteiger charge is 2.57. The molecule has 38 heavy (non-hydrogen) atoms. The lowest BCUT2D eigenvalue weighted by molar-refractivity contribution is -0.123. The maximum atomic E-state index is 15.5. The van der Waals surface area contributed by atoms with E-state index in [0.717, 1.165) is 5.56 Å². The first-order valence-electron chi connectivity index (χ1n) is 12.0. The standard InChI is InChI=1S/C29H31FN2O6/c1-28(2,3)38-27(34)31-29(24-22(36-5)15-19(35-4)16-23(24)37-6)20-13-10-14-21(30)25(20)32(26(29)33)17-18-11-8-7-9-12-18/h7-16H,17H2,1-6H3,(H,31,34). The van der Waals surface area contributed by atoms with Crippen molar-refractivity contribution in [2.24, 2.45) is 0 Å². The molecular weight excluding hydrogens is 491 g/mol. The van der Waals surface area contributed by atoms with Crippen molar-refractivity contribution in [3.8, 4) is 17.2 Å². The maximum Gasteiger partial charge on any atom is 0.409 e. The molecule has 0 spiro atoms. The quantitative estimate of drug-likeness (QED) is 0.461. The summed E-state index contributed by atoms with van der Waals surface area (Å²) in [4.78, 5) is 29.2. The molecule has 1 aliphatic heterocycles. The zero-order valence-electron chi connectivity index (χ0n) is 22.3. The van der Waals surface area contributed by atoms with Crippen LogP contribution >= 0.6 is 0 Å². The highest BCUT2D eigenvalue weighted by atomic mass is 19.1. The monoisotopic (exact) mass is 522 g/mol. The fraction of sp³-hybridized carbons (Fsp3) is 0.310. The third kappa shape index (κ3) is 4.71. The van der Waals surface area contributed by atoms with Crippen molar-refractivity contribution in [3.05, 3.63) is 83.2 Å². The summed E-state index contributed by atoms with van der Waals surface area (Å²) in [7, 11) is 4.33. The molecule has 0 aromatic heterocycles. The Morgan fingerprint density at radius 1 is 0.947 bits per heavy atom. The van der Waals surface area contributed by atoms with Crippen molar-refractivity contribution in [1.82, 2.24) is 5.32 Å². The van der Waals surface area contributed by atoms with Crippen LogP contribution in [0.4, 0.5) is 14.9 Å². The normalized spacial score (nSPS) is 16.6. The van der Waals surface area contributed by atoms with Gasteiger partial charge in [0.2, 0.25) is 0 Å². The fourth-order valence-corrected chi connectivity index (χ4v) is 4.69. The number of anilines is 1. The van der Waals surface area contributed by atoms with E-state index in [0.29, 0.717) is 5.75 Å². The SMILES string of the molecule is COc1cc(OC)c(C2(NC(=O)OC(C)(C)C)C(=O)N(Cc3ccccc3)c3c(F)cccc32)c(OC)c1. The van der Waals surface area contributed by atoms with Crippen LogP contribution in [0.15, 0.2) is 60.7 Å². The molecule has 0 saturated heterocycles. The summed E-state index contributed by atoms with van der Waals surface area (Å²) < 4.78 is 37.9. The number of fused-ring (bicyclic) bond motifs is 1. The minimum atomic E-state index is -1.95. The van der Waals surface area contributed by atoms with Gasteiger partial charge in [0.15, 0.2) is 5.54 Å². The first-order valence-corrected chi connectivity index (χ1v) is 12.0. The lowest BCUT2D eigenvalue weighted by atomic mass is 9.82. The number of carbonyl (C=O) groups is 2. The molecule has 4 rings (SSSR count). The number of ether oxygens (including phenoxy) is 4. The minimum absolute atomic E-state index is 0.0392. The third-order valence-electron chi connectivity index (χ3n) is 6.19. The Kier molecular flexibility index (Phi) is 7.22. The molecule has 200 valence electrons. The Balaban J connectivity index is 2.03. The number of methoxy groups -OCH3 is 3. The molecule has 0 radical (unpaired) electrons. The molecule has 1 heterocycles. The molecule has 0 fully saturated rings. The topological polar surface area (TPSA) is 86.3 Å². The Bertz CT molecular complexity index is 1330. The second-order valence-electron chi connectivity index (χ2n) is 9.80. The van der Waals surface area contributed by atoms with E-state index in [1.165, 1.54) is 38.4 Å². The molecule has 1 aliphatic rings. The van der Waals surface area contributed by atoms with Gasteiger partial charge < -0.3 is 23.8 Å². The number of carbonyl (C=O) groups excluding carboxylic acids is 2. The second-order valence-corrected chi connectivity index (χ2v) is 9.80. The van der Waals surface area contributed by atoms with Gasteiger partial charge in [0.05, 0.1) is 39.1 Å². The van der Waals surface area contributed by atoms with Gasteiger partial charge in [0, 0.05) is 17.7 Å². The molecule has 1 atom stereocenters. The van der Waals surface area contributed by atoms with Crippen LogP contribution in [-0.2, 0) is 21.6 Å². The van der Waals surface area contributed by atoms with Gasteiger partial charge in [-0.3, -0.25) is 10.1 Å². The van der Waals surface area contributed by atoms with E-state index in [9.17, 15) is 9.59 Å². The number of hydrogen-bond donors (Lipinski definition) is 1. The Morgan fingerprint density at radius 2 is 1.58 bits per heavy atom. The van der Waals surface area contributed by atoms with Crippen LogP contribution in [0.5, 0.6) is 17.2 Å². The van der Waals surface area contributed by atoms with E-state index in [1.807, 2.05) is 30.3 Å². The highest BCUT2D eigenvalue weighted by molar-refractivity contribution is 6.12. The van der Waals surface area contributed by atoms with Crippen molar-refractivity contribution >= 4 is 17.7 Å². The van der Waals surface area contributed by atoms with Crippen LogP contribution < -0.4 is 24.4 Å². The number of hydrogen-bond acceptors (Lipinski definition) is 6. The van der Waals surface area contributed by atoms with E-state index < -0.39 is 29.0 Å². The Morgan fingerprint density at radius 3 is 2.13 bits per heavy atom. The first-order chi connectivity index (χ1) is 18.1. The predicted octanol–water partition coefficient (Wildman–Crippen LogP) is 5.17. The zero-order valence-corrected chi connectivity index (χ0v) is 22.3. The Hall–Kier alpha value is -4.27. The number of rotatable bonds is 7. The van der Waals surface area contributed by atoms with Crippen molar-refractivity contribution in [3.63, 3.8) is 0 Å². The molecule has 0 bridgehead atoms. The van der Waals surface area contributed by atoms with Crippen LogP contribution in [0.2, 0.25) is 0 Å². The molecule has 1 N–H and O–H groups in total. The molecular formula is C29H31FN2O6. The molecule has 9 heteroatoms. The van der Waals surface area contributed by atoms with Crippen LogP contribution in [0.3, 0.4) is 0 Å². The largest absolute Gasteiger partial charge is 0.496 e. The number of nitrogens with one attached hydrogen (secondary N) is 1. The maximum absolute atomic E-state index is 15.5. The Labute approximate surface area is 221 Å². The number of amides is 2. The molecule has 1 unspecified atom stereocenters. The lowest BCUT2D eigenvalue weighted by Crippen LogP contribution is -2.55. The van der Waals surface area contributed by atoms with E-state index in [-0.39, 0.29) is 34.9 Å². The van der Waals surface area contributed by atoms with Crippen LogP contribution in [0.1, 0.15) is 37.5 Å². The lowest BCUT2D eigenvalue weighted by Gasteiger charge is -2.33. The van der Waals surface area contributed by atoms with Crippen LogP contribution in [-0.4, -0.2) is 38.9 Å². The van der Waals surface area contributed by atoms with Crippen LogP contribution in [0.25, 0.3) is 0 Å². The minimum Gasteiger partial charge on any atom is -0.496 e. The number of halogens is 1. The molecule has 8 nitrogen and oxygen atoms in total. The number of nitrogens with zero attached hydrogens (tertiary/aromatic N) is 1. The van der Waals surface area contributed by atoms with Crippen molar-refractivity contribution in [2.45, 2.75) is 38.5 Å². The molecule has 0 saturated carbocycles. The van der Waals surface area contributed by atoms with E-state index >= 15 is 4.39 Å². The number of para-hydroxylation sites is 1. The highest BCUT2D eigenvalue weighted by Crippen LogP contribution is 2.52. The summed E-state index contributed by atoms with van der Waals surface area (Å²) in [6.45, 7) is 5.19. The zero-order chi connectivity index (χ0) is 27.7. The summed E-state index contributed by atoms with van der Waals surface area (Å²) in [5, 5.41) is 2.78. The van der Waals surface area contributed by atoms with E-state index in [2.05, 4.69) is 5.32 Å². The molecule has 3 aromatic carbocycles. The summed E-state index contributed by atoms with van der Waals surface area (Å²) in [6, 6.07) is 16.7.